The number of ether oxygens (including phenoxy) is 2. The Kier molecular flexibility index (Phi) is 5.51. The lowest BCUT2D eigenvalue weighted by molar-refractivity contribution is -0.118. The number of rotatable bonds is 6. The molecule has 0 aliphatic carbocycles. The van der Waals surface area contributed by atoms with E-state index in [9.17, 15) is 4.79 Å². The zero-order chi connectivity index (χ0) is 17.5. The number of amidine groups is 1. The van der Waals surface area contributed by atoms with Gasteiger partial charge in [-0.1, -0.05) is 24.3 Å². The van der Waals surface area contributed by atoms with Gasteiger partial charge >= 0.3 is 0 Å². The molecule has 2 aromatic carbocycles. The quantitative estimate of drug-likeness (QED) is 0.848. The van der Waals surface area contributed by atoms with Crippen LogP contribution in [0, 0.1) is 0 Å². The second-order valence-corrected chi connectivity index (χ2v) is 5.55. The van der Waals surface area contributed by atoms with Gasteiger partial charge in [0.1, 0.15) is 5.84 Å². The van der Waals surface area contributed by atoms with Crippen LogP contribution in [0.2, 0.25) is 0 Å². The van der Waals surface area contributed by atoms with Gasteiger partial charge in [-0.05, 0) is 30.7 Å². The van der Waals surface area contributed by atoms with Crippen LogP contribution in [-0.4, -0.2) is 38.5 Å². The first-order valence-electron chi connectivity index (χ1n) is 8.21. The summed E-state index contributed by atoms with van der Waals surface area (Å²) in [6.45, 7) is 1.52. The molecule has 3 rings (SSSR count). The molecule has 0 fully saturated rings. The van der Waals surface area contributed by atoms with Crippen molar-refractivity contribution >= 4 is 17.4 Å². The van der Waals surface area contributed by atoms with E-state index in [1.165, 1.54) is 0 Å². The van der Waals surface area contributed by atoms with Crippen molar-refractivity contribution in [3.05, 3.63) is 54.1 Å². The number of carbonyl (C=O) groups excluding carboxylic acids is 1. The van der Waals surface area contributed by atoms with Gasteiger partial charge in [-0.25, -0.2) is 0 Å². The molecule has 0 radical (unpaired) electrons. The van der Waals surface area contributed by atoms with Crippen molar-refractivity contribution in [2.45, 2.75) is 6.42 Å². The first-order valence-corrected chi connectivity index (χ1v) is 8.21. The maximum Gasteiger partial charge on any atom is 0.262 e. The van der Waals surface area contributed by atoms with E-state index in [2.05, 4.69) is 15.6 Å². The third-order valence-corrected chi connectivity index (χ3v) is 3.76. The minimum absolute atomic E-state index is 0.116. The van der Waals surface area contributed by atoms with Crippen LogP contribution < -0.4 is 20.1 Å². The minimum atomic E-state index is -0.235. The standard InChI is InChI=1S/C19H21N3O3/c1-24-16-10-5-9-15(19-20-11-6-12-21-19)18(16)25-13-17(23)22-14-7-3-2-4-8-14/h2-5,7-10H,6,11-13H2,1H3,(H,20,21)(H,22,23). The van der Waals surface area contributed by atoms with E-state index >= 15 is 0 Å². The topological polar surface area (TPSA) is 71.9 Å². The number of amides is 1. The summed E-state index contributed by atoms with van der Waals surface area (Å²) >= 11 is 0. The van der Waals surface area contributed by atoms with Crippen molar-refractivity contribution in [3.63, 3.8) is 0 Å². The third kappa shape index (κ3) is 4.29. The average Bonchev–Trinajstić information content (AvgIpc) is 2.67. The second-order valence-electron chi connectivity index (χ2n) is 5.55. The van der Waals surface area contributed by atoms with Crippen LogP contribution in [0.3, 0.4) is 0 Å². The molecule has 25 heavy (non-hydrogen) atoms. The van der Waals surface area contributed by atoms with Crippen molar-refractivity contribution in [3.8, 4) is 11.5 Å². The number of nitrogens with one attached hydrogen (secondary N) is 2. The Balaban J connectivity index is 1.74. The van der Waals surface area contributed by atoms with Crippen LogP contribution in [0.15, 0.2) is 53.5 Å². The maximum atomic E-state index is 12.2. The number of hydrogen-bond acceptors (Lipinski definition) is 5. The molecule has 2 N–H and O–H groups in total. The van der Waals surface area contributed by atoms with Crippen molar-refractivity contribution in [1.29, 1.82) is 0 Å². The van der Waals surface area contributed by atoms with Crippen LogP contribution in [0.4, 0.5) is 5.69 Å². The number of carbonyl (C=O) groups is 1. The molecule has 0 unspecified atom stereocenters. The summed E-state index contributed by atoms with van der Waals surface area (Å²) in [5.74, 6) is 1.62. The molecular formula is C19H21N3O3. The van der Waals surface area contributed by atoms with E-state index in [0.29, 0.717) is 11.5 Å². The highest BCUT2D eigenvalue weighted by molar-refractivity contribution is 6.02. The summed E-state index contributed by atoms with van der Waals surface area (Å²) < 4.78 is 11.2. The molecule has 1 aliphatic heterocycles. The molecule has 0 atom stereocenters. The number of methoxy groups -OCH3 is 1. The van der Waals surface area contributed by atoms with Gasteiger partial charge < -0.3 is 20.1 Å². The Bertz CT molecular complexity index is 760. The fourth-order valence-corrected chi connectivity index (χ4v) is 2.58. The highest BCUT2D eigenvalue weighted by Crippen LogP contribution is 2.31. The molecule has 6 heteroatoms. The van der Waals surface area contributed by atoms with Gasteiger partial charge in [-0.3, -0.25) is 9.79 Å². The summed E-state index contributed by atoms with van der Waals surface area (Å²) in [7, 11) is 1.58. The summed E-state index contributed by atoms with van der Waals surface area (Å²) in [5, 5.41) is 6.07. The normalized spacial score (nSPS) is 13.4. The van der Waals surface area contributed by atoms with E-state index in [0.717, 1.165) is 36.6 Å². The monoisotopic (exact) mass is 339 g/mol. The Hall–Kier alpha value is -3.02. The Labute approximate surface area is 146 Å². The predicted molar refractivity (Wildman–Crippen MR) is 97.6 cm³/mol. The molecule has 2 aromatic rings. The smallest absolute Gasteiger partial charge is 0.262 e. The maximum absolute atomic E-state index is 12.2. The largest absolute Gasteiger partial charge is 0.493 e. The number of anilines is 1. The Morgan fingerprint density at radius 1 is 1.20 bits per heavy atom. The van der Waals surface area contributed by atoms with Crippen molar-refractivity contribution in [2.75, 3.05) is 32.1 Å². The van der Waals surface area contributed by atoms with Gasteiger partial charge in [0.05, 0.1) is 12.7 Å². The summed E-state index contributed by atoms with van der Waals surface area (Å²) in [6.07, 6.45) is 1.00. The van der Waals surface area contributed by atoms with Gasteiger partial charge in [-0.2, -0.15) is 0 Å². The summed E-state index contributed by atoms with van der Waals surface area (Å²) in [5.41, 5.74) is 1.53. The molecule has 1 heterocycles. The molecule has 0 saturated carbocycles. The van der Waals surface area contributed by atoms with Gasteiger partial charge in [0.25, 0.3) is 5.91 Å². The van der Waals surface area contributed by atoms with E-state index in [-0.39, 0.29) is 12.5 Å². The number of hydrogen-bond donors (Lipinski definition) is 2. The summed E-state index contributed by atoms with van der Waals surface area (Å²) in [4.78, 5) is 16.7. The Morgan fingerprint density at radius 3 is 2.76 bits per heavy atom. The number of aliphatic imine (C=N–C) groups is 1. The summed E-state index contributed by atoms with van der Waals surface area (Å²) in [6, 6.07) is 14.9. The third-order valence-electron chi connectivity index (χ3n) is 3.76. The molecule has 6 nitrogen and oxygen atoms in total. The fourth-order valence-electron chi connectivity index (χ4n) is 2.58. The number of benzene rings is 2. The fraction of sp³-hybridized carbons (Fsp3) is 0.263. The number of para-hydroxylation sites is 2. The molecule has 1 amide bonds. The lowest BCUT2D eigenvalue weighted by Crippen LogP contribution is -2.31. The van der Waals surface area contributed by atoms with Crippen LogP contribution >= 0.6 is 0 Å². The lowest BCUT2D eigenvalue weighted by Gasteiger charge is -2.19. The zero-order valence-electron chi connectivity index (χ0n) is 14.1. The van der Waals surface area contributed by atoms with Crippen LogP contribution in [0.5, 0.6) is 11.5 Å². The van der Waals surface area contributed by atoms with Gasteiger partial charge in [-0.15, -0.1) is 0 Å². The molecule has 0 spiro atoms. The van der Waals surface area contributed by atoms with Crippen LogP contribution in [0.25, 0.3) is 0 Å². The van der Waals surface area contributed by atoms with E-state index in [1.807, 2.05) is 42.5 Å². The second kappa shape index (κ2) is 8.19. The van der Waals surface area contributed by atoms with E-state index in [4.69, 9.17) is 9.47 Å². The van der Waals surface area contributed by atoms with E-state index in [1.54, 1.807) is 13.2 Å². The van der Waals surface area contributed by atoms with Crippen molar-refractivity contribution in [1.82, 2.24) is 5.32 Å². The molecule has 0 bridgehead atoms. The van der Waals surface area contributed by atoms with E-state index < -0.39 is 0 Å². The molecule has 1 aliphatic rings. The average molecular weight is 339 g/mol. The molecule has 0 saturated heterocycles. The first kappa shape index (κ1) is 16.8. The first-order chi connectivity index (χ1) is 12.3. The van der Waals surface area contributed by atoms with Gasteiger partial charge in [0.2, 0.25) is 0 Å². The molecule has 0 aromatic heterocycles. The molecule has 130 valence electrons. The number of nitrogens with zero attached hydrogens (tertiary/aromatic N) is 1. The van der Waals surface area contributed by atoms with Crippen molar-refractivity contribution < 1.29 is 14.3 Å². The Morgan fingerprint density at radius 2 is 2.04 bits per heavy atom. The van der Waals surface area contributed by atoms with Gasteiger partial charge in [0, 0.05) is 18.8 Å². The lowest BCUT2D eigenvalue weighted by atomic mass is 10.1. The van der Waals surface area contributed by atoms with Crippen LogP contribution in [-0.2, 0) is 4.79 Å². The molecular weight excluding hydrogens is 318 g/mol. The zero-order valence-corrected chi connectivity index (χ0v) is 14.1. The van der Waals surface area contributed by atoms with Crippen LogP contribution in [0.1, 0.15) is 12.0 Å². The minimum Gasteiger partial charge on any atom is -0.493 e. The van der Waals surface area contributed by atoms with Crippen molar-refractivity contribution in [2.24, 2.45) is 4.99 Å². The SMILES string of the molecule is COc1cccc(C2=NCCCN2)c1OCC(=O)Nc1ccccc1. The highest BCUT2D eigenvalue weighted by atomic mass is 16.5. The predicted octanol–water partition coefficient (Wildman–Crippen LogP) is 2.45. The highest BCUT2D eigenvalue weighted by Gasteiger charge is 2.18. The van der Waals surface area contributed by atoms with Gasteiger partial charge in [0.15, 0.2) is 18.1 Å².